The zero-order valence-corrected chi connectivity index (χ0v) is 17.7. The van der Waals surface area contributed by atoms with Gasteiger partial charge in [0.2, 0.25) is 11.7 Å². The van der Waals surface area contributed by atoms with Gasteiger partial charge < -0.3 is 15.0 Å². The summed E-state index contributed by atoms with van der Waals surface area (Å²) in [6.45, 7) is 3.86. The summed E-state index contributed by atoms with van der Waals surface area (Å²) in [7, 11) is 0. The van der Waals surface area contributed by atoms with Gasteiger partial charge in [-0.05, 0) is 49.6 Å². The summed E-state index contributed by atoms with van der Waals surface area (Å²) in [6.07, 6.45) is 1.29. The minimum atomic E-state index is -0.950. The van der Waals surface area contributed by atoms with E-state index in [1.165, 1.54) is 6.92 Å². The van der Waals surface area contributed by atoms with Crippen LogP contribution in [0.25, 0.3) is 0 Å². The van der Waals surface area contributed by atoms with Gasteiger partial charge in [-0.25, -0.2) is 0 Å². The molecule has 31 heavy (non-hydrogen) atoms. The van der Waals surface area contributed by atoms with Crippen LogP contribution in [0, 0.1) is 0 Å². The molecule has 0 aliphatic carbocycles. The highest BCUT2D eigenvalue weighted by atomic mass is 16.5. The summed E-state index contributed by atoms with van der Waals surface area (Å²) < 4.78 is 5.16. The van der Waals surface area contributed by atoms with Crippen molar-refractivity contribution >= 4 is 29.3 Å². The summed E-state index contributed by atoms with van der Waals surface area (Å²) in [5.74, 6) is -1.36. The lowest BCUT2D eigenvalue weighted by Crippen LogP contribution is -2.34. The van der Waals surface area contributed by atoms with Gasteiger partial charge in [-0.2, -0.15) is 0 Å². The van der Waals surface area contributed by atoms with Crippen molar-refractivity contribution < 1.29 is 23.9 Å². The largest absolute Gasteiger partial charge is 0.453 e. The smallest absolute Gasteiger partial charge is 0.326 e. The molecule has 1 fully saturated rings. The van der Waals surface area contributed by atoms with Gasteiger partial charge in [-0.3, -0.25) is 19.2 Å². The number of hydrogen-bond acceptors (Lipinski definition) is 5. The number of nitrogens with one attached hydrogen (secondary N) is 1. The summed E-state index contributed by atoms with van der Waals surface area (Å²) in [5.41, 5.74) is 2.70. The first kappa shape index (κ1) is 22.2. The topological polar surface area (TPSA) is 92.8 Å². The second-order valence-electron chi connectivity index (χ2n) is 7.43. The van der Waals surface area contributed by atoms with E-state index in [9.17, 15) is 19.2 Å². The number of carbonyl (C=O) groups is 4. The van der Waals surface area contributed by atoms with E-state index in [1.807, 2.05) is 19.1 Å². The Bertz CT molecular complexity index is 966. The quantitative estimate of drug-likeness (QED) is 0.522. The van der Waals surface area contributed by atoms with Crippen molar-refractivity contribution in [1.82, 2.24) is 5.32 Å². The molecule has 1 N–H and O–H groups in total. The Morgan fingerprint density at radius 2 is 1.68 bits per heavy atom. The van der Waals surface area contributed by atoms with Gasteiger partial charge in [0.15, 0.2) is 6.10 Å². The van der Waals surface area contributed by atoms with Crippen molar-refractivity contribution in [3.63, 3.8) is 0 Å². The summed E-state index contributed by atoms with van der Waals surface area (Å²) in [5, 5.41) is 2.49. The van der Waals surface area contributed by atoms with Crippen LogP contribution in [0.2, 0.25) is 0 Å². The zero-order chi connectivity index (χ0) is 22.4. The van der Waals surface area contributed by atoms with Gasteiger partial charge in [0.1, 0.15) is 6.54 Å². The van der Waals surface area contributed by atoms with Gasteiger partial charge >= 0.3 is 5.97 Å². The Balaban J connectivity index is 1.48. The van der Waals surface area contributed by atoms with E-state index >= 15 is 0 Å². The Kier molecular flexibility index (Phi) is 7.18. The normalized spacial score (nSPS) is 14.3. The first-order valence-corrected chi connectivity index (χ1v) is 10.4. The van der Waals surface area contributed by atoms with Crippen LogP contribution < -0.4 is 10.2 Å². The average molecular weight is 422 g/mol. The molecular formula is C24H26N2O5. The fraction of sp³-hybridized carbons (Fsp3) is 0.333. The van der Waals surface area contributed by atoms with E-state index in [2.05, 4.69) is 5.32 Å². The minimum Gasteiger partial charge on any atom is -0.453 e. The molecule has 1 atom stereocenters. The standard InChI is InChI=1S/C24H26N2O5/c1-3-17-6-8-18(9-7-17)23(29)16(2)31-22(28)15-25-24(30)19-10-12-20(13-11-19)26-14-4-5-21(26)27/h6-13,16H,3-5,14-15H2,1-2H3,(H,25,30)/t16-/m1/s1. The summed E-state index contributed by atoms with van der Waals surface area (Å²) >= 11 is 0. The van der Waals surface area contributed by atoms with E-state index in [1.54, 1.807) is 41.3 Å². The fourth-order valence-electron chi connectivity index (χ4n) is 3.40. The van der Waals surface area contributed by atoms with Crippen LogP contribution >= 0.6 is 0 Å². The number of ether oxygens (including phenoxy) is 1. The molecule has 2 aromatic carbocycles. The zero-order valence-electron chi connectivity index (χ0n) is 17.7. The second kappa shape index (κ2) is 10.0. The number of benzene rings is 2. The number of amides is 2. The van der Waals surface area contributed by atoms with Gasteiger partial charge in [0.25, 0.3) is 5.91 Å². The van der Waals surface area contributed by atoms with Gasteiger partial charge in [0, 0.05) is 29.8 Å². The van der Waals surface area contributed by atoms with Gasteiger partial charge in [-0.1, -0.05) is 31.2 Å². The molecular weight excluding hydrogens is 396 g/mol. The molecule has 1 heterocycles. The maximum Gasteiger partial charge on any atom is 0.326 e. The van der Waals surface area contributed by atoms with Crippen molar-refractivity contribution in [3.8, 4) is 0 Å². The number of esters is 1. The average Bonchev–Trinajstić information content (AvgIpc) is 3.22. The number of aryl methyl sites for hydroxylation is 1. The molecule has 2 amide bonds. The van der Waals surface area contributed by atoms with Crippen molar-refractivity contribution in [2.24, 2.45) is 0 Å². The second-order valence-corrected chi connectivity index (χ2v) is 7.43. The highest BCUT2D eigenvalue weighted by Gasteiger charge is 2.22. The number of carbonyl (C=O) groups excluding carboxylic acids is 4. The van der Waals surface area contributed by atoms with E-state index in [4.69, 9.17) is 4.74 Å². The number of rotatable bonds is 8. The molecule has 1 aliphatic rings. The Morgan fingerprint density at radius 1 is 1.03 bits per heavy atom. The number of nitrogens with zero attached hydrogens (tertiary/aromatic N) is 1. The molecule has 0 saturated carbocycles. The third-order valence-electron chi connectivity index (χ3n) is 5.23. The molecule has 3 rings (SSSR count). The van der Waals surface area contributed by atoms with Crippen LogP contribution in [-0.4, -0.2) is 42.8 Å². The third-order valence-corrected chi connectivity index (χ3v) is 5.23. The molecule has 7 heteroatoms. The molecule has 0 unspecified atom stereocenters. The van der Waals surface area contributed by atoms with Crippen LogP contribution in [-0.2, 0) is 20.7 Å². The lowest BCUT2D eigenvalue weighted by atomic mass is 10.0. The predicted octanol–water partition coefficient (Wildman–Crippen LogP) is 2.92. The Morgan fingerprint density at radius 3 is 2.26 bits per heavy atom. The molecule has 0 spiro atoms. The molecule has 1 saturated heterocycles. The fourth-order valence-corrected chi connectivity index (χ4v) is 3.40. The van der Waals surface area contributed by atoms with Crippen molar-refractivity contribution in [2.45, 2.75) is 39.2 Å². The molecule has 0 radical (unpaired) electrons. The van der Waals surface area contributed by atoms with Crippen molar-refractivity contribution in [1.29, 1.82) is 0 Å². The van der Waals surface area contributed by atoms with E-state index in [0.29, 0.717) is 24.1 Å². The Labute approximate surface area is 181 Å². The predicted molar refractivity (Wildman–Crippen MR) is 116 cm³/mol. The number of anilines is 1. The highest BCUT2D eigenvalue weighted by Crippen LogP contribution is 2.21. The lowest BCUT2D eigenvalue weighted by molar-refractivity contribution is -0.145. The monoisotopic (exact) mass is 422 g/mol. The lowest BCUT2D eigenvalue weighted by Gasteiger charge is -2.16. The Hall–Kier alpha value is -3.48. The molecule has 0 bridgehead atoms. The highest BCUT2D eigenvalue weighted by molar-refractivity contribution is 6.01. The molecule has 7 nitrogen and oxygen atoms in total. The van der Waals surface area contributed by atoms with Crippen LogP contribution in [0.4, 0.5) is 5.69 Å². The van der Waals surface area contributed by atoms with Crippen molar-refractivity contribution in [3.05, 3.63) is 65.2 Å². The first-order valence-electron chi connectivity index (χ1n) is 10.4. The van der Waals surface area contributed by atoms with Crippen LogP contribution in [0.1, 0.15) is 53.0 Å². The molecule has 162 valence electrons. The maximum absolute atomic E-state index is 12.4. The van der Waals surface area contributed by atoms with Crippen molar-refractivity contribution in [2.75, 3.05) is 18.0 Å². The molecule has 2 aromatic rings. The van der Waals surface area contributed by atoms with Gasteiger partial charge in [0.05, 0.1) is 0 Å². The SMILES string of the molecule is CCc1ccc(C(=O)[C@@H](C)OC(=O)CNC(=O)c2ccc(N3CCCC3=O)cc2)cc1. The van der Waals surface area contributed by atoms with Crippen LogP contribution in [0.15, 0.2) is 48.5 Å². The van der Waals surface area contributed by atoms with E-state index in [-0.39, 0.29) is 18.2 Å². The third kappa shape index (κ3) is 5.57. The molecule has 1 aliphatic heterocycles. The van der Waals surface area contributed by atoms with E-state index < -0.39 is 18.0 Å². The van der Waals surface area contributed by atoms with Crippen LogP contribution in [0.5, 0.6) is 0 Å². The summed E-state index contributed by atoms with van der Waals surface area (Å²) in [6, 6.07) is 13.8. The van der Waals surface area contributed by atoms with Crippen LogP contribution in [0.3, 0.4) is 0 Å². The van der Waals surface area contributed by atoms with Gasteiger partial charge in [-0.15, -0.1) is 0 Å². The first-order chi connectivity index (χ1) is 14.9. The number of Topliss-reactive ketones (excluding diaryl/α,β-unsaturated/α-hetero) is 1. The molecule has 0 aromatic heterocycles. The number of ketones is 1. The maximum atomic E-state index is 12.4. The number of hydrogen-bond donors (Lipinski definition) is 1. The summed E-state index contributed by atoms with van der Waals surface area (Å²) in [4.78, 5) is 50.2. The minimum absolute atomic E-state index is 0.0740. The van der Waals surface area contributed by atoms with E-state index in [0.717, 1.165) is 24.1 Å².